The Balaban J connectivity index is 0. The van der Waals surface area contributed by atoms with E-state index in [-0.39, 0.29) is 44.5 Å². The molecular weight excluding hydrogens is 287 g/mol. The fourth-order valence-corrected chi connectivity index (χ4v) is 0.953. The van der Waals surface area contributed by atoms with E-state index < -0.39 is 5.97 Å². The standard InChI is InChI=1S/C8H16O2.Tb/c1-3-5-6-7(4-2)8(9)10;/h7H,3-6H2,1-2H3,(H,9,10);. The number of carboxylic acids is 1. The van der Waals surface area contributed by atoms with Crippen LogP contribution in [0, 0.1) is 44.5 Å². The molecule has 1 unspecified atom stereocenters. The van der Waals surface area contributed by atoms with Gasteiger partial charge in [0.05, 0.1) is 5.92 Å². The summed E-state index contributed by atoms with van der Waals surface area (Å²) in [6.45, 7) is 4.00. The summed E-state index contributed by atoms with van der Waals surface area (Å²) in [6.07, 6.45) is 3.71. The Labute approximate surface area is 99.2 Å². The molecule has 0 aromatic rings. The quantitative estimate of drug-likeness (QED) is 0.846. The minimum absolute atomic E-state index is 0. The third kappa shape index (κ3) is 7.13. The zero-order valence-electron chi connectivity index (χ0n) is 7.09. The second-order valence-electron chi connectivity index (χ2n) is 2.59. The van der Waals surface area contributed by atoms with Gasteiger partial charge in [-0.05, 0) is 12.8 Å². The molecule has 0 bridgehead atoms. The van der Waals surface area contributed by atoms with Crippen molar-refractivity contribution >= 4 is 5.97 Å². The fraction of sp³-hybridized carbons (Fsp3) is 0.875. The third-order valence-corrected chi connectivity index (χ3v) is 1.75. The summed E-state index contributed by atoms with van der Waals surface area (Å²) in [6, 6.07) is 0. The second kappa shape index (κ2) is 8.85. The average molecular weight is 303 g/mol. The molecule has 0 aliphatic heterocycles. The second-order valence-corrected chi connectivity index (χ2v) is 2.59. The van der Waals surface area contributed by atoms with E-state index >= 15 is 0 Å². The molecule has 69 valence electrons. The molecule has 0 saturated heterocycles. The van der Waals surface area contributed by atoms with Crippen LogP contribution in [0.15, 0.2) is 0 Å². The Morgan fingerprint density at radius 1 is 1.45 bits per heavy atom. The Hall–Kier alpha value is 0.756. The largest absolute Gasteiger partial charge is 0.481 e. The van der Waals surface area contributed by atoms with E-state index in [4.69, 9.17) is 5.11 Å². The topological polar surface area (TPSA) is 37.3 Å². The molecule has 0 fully saturated rings. The van der Waals surface area contributed by atoms with Crippen LogP contribution in [0.2, 0.25) is 0 Å². The van der Waals surface area contributed by atoms with Crippen molar-refractivity contribution in [3.8, 4) is 0 Å². The number of aliphatic carboxylic acids is 1. The molecule has 1 N–H and O–H groups in total. The van der Waals surface area contributed by atoms with Crippen LogP contribution < -0.4 is 0 Å². The zero-order valence-corrected chi connectivity index (χ0v) is 9.23. The summed E-state index contributed by atoms with van der Waals surface area (Å²) in [5.41, 5.74) is 0. The van der Waals surface area contributed by atoms with Crippen LogP contribution >= 0.6 is 0 Å². The molecule has 0 aromatic heterocycles. The van der Waals surface area contributed by atoms with Gasteiger partial charge in [-0.25, -0.2) is 0 Å². The van der Waals surface area contributed by atoms with Crippen molar-refractivity contribution in [2.24, 2.45) is 5.92 Å². The molecule has 0 heterocycles. The summed E-state index contributed by atoms with van der Waals surface area (Å²) >= 11 is 0. The number of carbonyl (C=O) groups is 1. The van der Waals surface area contributed by atoms with E-state index in [0.29, 0.717) is 0 Å². The van der Waals surface area contributed by atoms with Crippen molar-refractivity contribution in [1.29, 1.82) is 0 Å². The Bertz CT molecular complexity index is 104. The van der Waals surface area contributed by atoms with Gasteiger partial charge in [-0.3, -0.25) is 4.79 Å². The molecule has 11 heavy (non-hydrogen) atoms. The molecule has 2 nitrogen and oxygen atoms in total. The summed E-state index contributed by atoms with van der Waals surface area (Å²) in [5, 5.41) is 8.60. The maximum absolute atomic E-state index is 10.4. The molecular formula is C8H16O2Tb. The van der Waals surface area contributed by atoms with E-state index in [1.807, 2.05) is 6.92 Å². The monoisotopic (exact) mass is 303 g/mol. The predicted molar refractivity (Wildman–Crippen MR) is 40.9 cm³/mol. The minimum Gasteiger partial charge on any atom is -0.481 e. The van der Waals surface area contributed by atoms with E-state index in [9.17, 15) is 4.79 Å². The summed E-state index contributed by atoms with van der Waals surface area (Å²) in [7, 11) is 0. The van der Waals surface area contributed by atoms with Gasteiger partial charge < -0.3 is 5.11 Å². The normalized spacial score (nSPS) is 11.8. The summed E-state index contributed by atoms with van der Waals surface area (Å²) in [5.74, 6) is -0.754. The first-order valence-corrected chi connectivity index (χ1v) is 3.95. The van der Waals surface area contributed by atoms with Crippen LogP contribution in [-0.4, -0.2) is 11.1 Å². The number of hydrogen-bond acceptors (Lipinski definition) is 1. The van der Waals surface area contributed by atoms with E-state index in [1.165, 1.54) is 0 Å². The van der Waals surface area contributed by atoms with Crippen molar-refractivity contribution < 1.29 is 48.5 Å². The Kier molecular flexibility index (Phi) is 11.5. The van der Waals surface area contributed by atoms with Crippen LogP contribution in [0.5, 0.6) is 0 Å². The number of hydrogen-bond donors (Lipinski definition) is 1. The molecule has 0 aliphatic rings. The van der Waals surface area contributed by atoms with Gasteiger partial charge in [-0.15, -0.1) is 0 Å². The molecule has 1 radical (unpaired) electrons. The third-order valence-electron chi connectivity index (χ3n) is 1.75. The number of carboxylic acid groups (broad SMARTS) is 1. The van der Waals surface area contributed by atoms with Gasteiger partial charge in [-0.2, -0.15) is 0 Å². The Morgan fingerprint density at radius 3 is 2.27 bits per heavy atom. The Morgan fingerprint density at radius 2 is 2.00 bits per heavy atom. The predicted octanol–water partition coefficient (Wildman–Crippen LogP) is 2.29. The maximum Gasteiger partial charge on any atom is 0.306 e. The average Bonchev–Trinajstić information content (AvgIpc) is 1.89. The van der Waals surface area contributed by atoms with Gasteiger partial charge in [-0.1, -0.05) is 26.7 Å². The number of unbranched alkanes of at least 4 members (excludes halogenated alkanes) is 1. The van der Waals surface area contributed by atoms with Crippen molar-refractivity contribution in [3.63, 3.8) is 0 Å². The number of rotatable bonds is 5. The smallest absolute Gasteiger partial charge is 0.306 e. The van der Waals surface area contributed by atoms with Gasteiger partial charge in [0.1, 0.15) is 0 Å². The van der Waals surface area contributed by atoms with Gasteiger partial charge >= 0.3 is 5.97 Å². The van der Waals surface area contributed by atoms with Crippen molar-refractivity contribution in [1.82, 2.24) is 0 Å². The first-order valence-electron chi connectivity index (χ1n) is 3.95. The van der Waals surface area contributed by atoms with Gasteiger partial charge in [0.15, 0.2) is 0 Å². The summed E-state index contributed by atoms with van der Waals surface area (Å²) < 4.78 is 0. The molecule has 0 saturated carbocycles. The van der Waals surface area contributed by atoms with Crippen LogP contribution in [0.25, 0.3) is 0 Å². The van der Waals surface area contributed by atoms with Crippen LogP contribution in [-0.2, 0) is 4.79 Å². The molecule has 0 rings (SSSR count). The van der Waals surface area contributed by atoms with Crippen molar-refractivity contribution in [2.75, 3.05) is 0 Å². The SMILES string of the molecule is CCCCC(CC)C(=O)O.[Tb]. The van der Waals surface area contributed by atoms with Crippen LogP contribution in [0.3, 0.4) is 0 Å². The van der Waals surface area contributed by atoms with Gasteiger partial charge in [0, 0.05) is 38.6 Å². The molecule has 0 spiro atoms. The molecule has 0 aromatic carbocycles. The minimum atomic E-state index is -0.643. The van der Waals surface area contributed by atoms with Crippen LogP contribution in [0.1, 0.15) is 39.5 Å². The molecule has 3 heteroatoms. The van der Waals surface area contributed by atoms with Crippen molar-refractivity contribution in [3.05, 3.63) is 0 Å². The van der Waals surface area contributed by atoms with E-state index in [1.54, 1.807) is 0 Å². The first kappa shape index (κ1) is 14.3. The van der Waals surface area contributed by atoms with Crippen LogP contribution in [0.4, 0.5) is 0 Å². The maximum atomic E-state index is 10.4. The molecule has 1 atom stereocenters. The molecule has 0 amide bonds. The van der Waals surface area contributed by atoms with E-state index in [2.05, 4.69) is 6.92 Å². The fourth-order valence-electron chi connectivity index (χ4n) is 0.953. The zero-order chi connectivity index (χ0) is 7.98. The van der Waals surface area contributed by atoms with E-state index in [0.717, 1.165) is 25.7 Å². The molecule has 0 aliphatic carbocycles. The first-order chi connectivity index (χ1) is 4.72. The van der Waals surface area contributed by atoms with Gasteiger partial charge in [0.25, 0.3) is 0 Å². The van der Waals surface area contributed by atoms with Gasteiger partial charge in [0.2, 0.25) is 0 Å². The summed E-state index contributed by atoms with van der Waals surface area (Å²) in [4.78, 5) is 10.4. The van der Waals surface area contributed by atoms with Crippen molar-refractivity contribution in [2.45, 2.75) is 39.5 Å².